The lowest BCUT2D eigenvalue weighted by Gasteiger charge is -2.37. The fourth-order valence-corrected chi connectivity index (χ4v) is 8.94. The van der Waals surface area contributed by atoms with Crippen LogP contribution < -0.4 is 16.0 Å². The molecule has 0 spiro atoms. The standard InChI is InChI=1S/C47H51N7O4/c1-51-30-26-34-11-3-4-13-37(34)42(51)46(57)53-28-8-17-41(53)45(56)50-36-24-21-33(22-25-36)19-18-32-10-7-12-35(23-20-32)49-44(55)40-16-9-29-54(40)47(58)43-38-14-5-6-15-39(38)48-27-31-52(43)2/h3-7,10-11,13-15,20-25,40-43,48H,8-9,12,16-17,26-31H2,1-2H3,(H,49,55)(H,50,56). The Morgan fingerprint density at radius 2 is 1.33 bits per heavy atom. The number of allylic oxidation sites excluding steroid dienone is 5. The molecule has 4 unspecified atom stereocenters. The van der Waals surface area contributed by atoms with Gasteiger partial charge in [0.2, 0.25) is 23.6 Å². The van der Waals surface area contributed by atoms with E-state index in [2.05, 4.69) is 43.7 Å². The molecule has 4 aliphatic heterocycles. The molecular weight excluding hydrogens is 727 g/mol. The molecule has 4 heterocycles. The molecule has 8 rings (SSSR count). The van der Waals surface area contributed by atoms with Crippen LogP contribution in [0.2, 0.25) is 0 Å². The minimum atomic E-state index is -0.533. The van der Waals surface area contributed by atoms with E-state index in [9.17, 15) is 19.2 Å². The number of likely N-dealkylation sites (tertiary alicyclic amines) is 2. The van der Waals surface area contributed by atoms with Crippen molar-refractivity contribution in [3.63, 3.8) is 0 Å². The second-order valence-corrected chi connectivity index (χ2v) is 15.8. The van der Waals surface area contributed by atoms with Crippen molar-refractivity contribution >= 4 is 35.0 Å². The molecule has 3 aromatic carbocycles. The summed E-state index contributed by atoms with van der Waals surface area (Å²) < 4.78 is 0. The molecule has 2 fully saturated rings. The molecule has 1 aliphatic carbocycles. The molecule has 0 aromatic heterocycles. The summed E-state index contributed by atoms with van der Waals surface area (Å²) in [5.74, 6) is 6.02. The quantitative estimate of drug-likeness (QED) is 0.296. The lowest BCUT2D eigenvalue weighted by Crippen LogP contribution is -2.49. The lowest BCUT2D eigenvalue weighted by atomic mass is 9.92. The number of nitrogens with one attached hydrogen (secondary N) is 3. The Kier molecular flexibility index (Phi) is 11.6. The van der Waals surface area contributed by atoms with Crippen molar-refractivity contribution in [1.29, 1.82) is 0 Å². The fourth-order valence-electron chi connectivity index (χ4n) is 8.94. The molecule has 298 valence electrons. The van der Waals surface area contributed by atoms with E-state index >= 15 is 0 Å². The lowest BCUT2D eigenvalue weighted by molar-refractivity contribution is -0.142. The molecule has 0 radical (unpaired) electrons. The first-order valence-corrected chi connectivity index (χ1v) is 20.5. The Morgan fingerprint density at radius 1 is 0.690 bits per heavy atom. The summed E-state index contributed by atoms with van der Waals surface area (Å²) >= 11 is 0. The number of likely N-dealkylation sites (N-methyl/N-ethyl adjacent to an activating group) is 2. The number of anilines is 2. The normalized spacial score (nSPS) is 23.1. The first-order valence-electron chi connectivity index (χ1n) is 20.5. The third kappa shape index (κ3) is 8.21. The number of hydrogen-bond acceptors (Lipinski definition) is 7. The van der Waals surface area contributed by atoms with Crippen molar-refractivity contribution in [2.24, 2.45) is 0 Å². The number of carbonyl (C=O) groups is 4. The predicted octanol–water partition coefficient (Wildman–Crippen LogP) is 5.17. The third-order valence-electron chi connectivity index (χ3n) is 12.0. The van der Waals surface area contributed by atoms with Gasteiger partial charge in [0.15, 0.2) is 0 Å². The van der Waals surface area contributed by atoms with Crippen LogP contribution in [0.25, 0.3) is 0 Å². The van der Waals surface area contributed by atoms with E-state index < -0.39 is 18.1 Å². The summed E-state index contributed by atoms with van der Waals surface area (Å²) in [7, 11) is 3.95. The van der Waals surface area contributed by atoms with Gasteiger partial charge in [-0.15, -0.1) is 0 Å². The predicted molar refractivity (Wildman–Crippen MR) is 225 cm³/mol. The topological polar surface area (TPSA) is 117 Å². The highest BCUT2D eigenvalue weighted by atomic mass is 16.2. The van der Waals surface area contributed by atoms with Crippen LogP contribution in [-0.4, -0.2) is 102 Å². The minimum Gasteiger partial charge on any atom is -0.383 e. The fraction of sp³-hybridized carbons (Fsp3) is 0.362. The molecule has 5 aliphatic rings. The number of fused-ring (bicyclic) bond motifs is 2. The van der Waals surface area contributed by atoms with Crippen molar-refractivity contribution in [1.82, 2.24) is 24.9 Å². The Morgan fingerprint density at radius 3 is 2.07 bits per heavy atom. The summed E-state index contributed by atoms with van der Waals surface area (Å²) in [6, 6.07) is 21.6. The molecule has 0 saturated carbocycles. The summed E-state index contributed by atoms with van der Waals surface area (Å²) in [5, 5.41) is 9.56. The van der Waals surface area contributed by atoms with Gasteiger partial charge in [0, 0.05) is 72.9 Å². The number of carbonyl (C=O) groups excluding carboxylic acids is 4. The highest BCUT2D eigenvalue weighted by Crippen LogP contribution is 2.34. The van der Waals surface area contributed by atoms with Gasteiger partial charge >= 0.3 is 0 Å². The number of rotatable bonds is 6. The monoisotopic (exact) mass is 777 g/mol. The number of benzene rings is 3. The molecule has 58 heavy (non-hydrogen) atoms. The van der Waals surface area contributed by atoms with Gasteiger partial charge in [0.25, 0.3) is 0 Å². The van der Waals surface area contributed by atoms with E-state index in [1.54, 1.807) is 9.80 Å². The van der Waals surface area contributed by atoms with Crippen molar-refractivity contribution in [3.8, 4) is 11.8 Å². The zero-order chi connectivity index (χ0) is 40.2. The van der Waals surface area contributed by atoms with Gasteiger partial charge in [-0.3, -0.25) is 29.0 Å². The molecule has 11 nitrogen and oxygen atoms in total. The van der Waals surface area contributed by atoms with E-state index in [1.165, 1.54) is 5.56 Å². The summed E-state index contributed by atoms with van der Waals surface area (Å²) in [6.45, 7) is 3.38. The van der Waals surface area contributed by atoms with E-state index in [4.69, 9.17) is 0 Å². The molecular formula is C47H51N7O4. The Hall–Kier alpha value is -5.96. The Bertz CT molecular complexity index is 2230. The summed E-state index contributed by atoms with van der Waals surface area (Å²) in [5.41, 5.74) is 7.11. The van der Waals surface area contributed by atoms with Crippen LogP contribution >= 0.6 is 0 Å². The van der Waals surface area contributed by atoms with Crippen LogP contribution in [0.5, 0.6) is 0 Å². The van der Waals surface area contributed by atoms with Gasteiger partial charge in [-0.25, -0.2) is 0 Å². The molecule has 11 heteroatoms. The van der Waals surface area contributed by atoms with E-state index in [0.29, 0.717) is 38.0 Å². The maximum Gasteiger partial charge on any atom is 0.247 e. The van der Waals surface area contributed by atoms with E-state index in [1.807, 2.05) is 105 Å². The molecule has 4 atom stereocenters. The van der Waals surface area contributed by atoms with Crippen LogP contribution in [0.15, 0.2) is 108 Å². The highest BCUT2D eigenvalue weighted by Gasteiger charge is 2.42. The Labute approximate surface area is 340 Å². The van der Waals surface area contributed by atoms with Crippen molar-refractivity contribution < 1.29 is 19.2 Å². The summed E-state index contributed by atoms with van der Waals surface area (Å²) in [4.78, 5) is 62.8. The number of para-hydroxylation sites is 1. The maximum absolute atomic E-state index is 14.1. The first-order chi connectivity index (χ1) is 28.2. The van der Waals surface area contributed by atoms with Gasteiger partial charge in [-0.2, -0.15) is 0 Å². The molecule has 0 bridgehead atoms. The van der Waals surface area contributed by atoms with Crippen LogP contribution in [0.1, 0.15) is 66.4 Å². The third-order valence-corrected chi connectivity index (χ3v) is 12.0. The largest absolute Gasteiger partial charge is 0.383 e. The molecule has 2 saturated heterocycles. The average molecular weight is 778 g/mol. The van der Waals surface area contributed by atoms with Gasteiger partial charge in [-0.05, 0) is 99.8 Å². The number of amides is 4. The minimum absolute atomic E-state index is 0.0145. The first kappa shape index (κ1) is 38.9. The van der Waals surface area contributed by atoms with Crippen molar-refractivity contribution in [2.45, 2.75) is 62.7 Å². The zero-order valence-electron chi connectivity index (χ0n) is 33.2. The van der Waals surface area contributed by atoms with Crippen LogP contribution in [-0.2, 0) is 25.6 Å². The van der Waals surface area contributed by atoms with Gasteiger partial charge in [0.1, 0.15) is 24.2 Å². The zero-order valence-corrected chi connectivity index (χ0v) is 33.2. The van der Waals surface area contributed by atoms with Crippen molar-refractivity contribution in [3.05, 3.63) is 131 Å². The highest BCUT2D eigenvalue weighted by molar-refractivity contribution is 5.98. The molecule has 4 amide bonds. The smallest absolute Gasteiger partial charge is 0.247 e. The van der Waals surface area contributed by atoms with Crippen molar-refractivity contribution in [2.75, 3.05) is 57.5 Å². The van der Waals surface area contributed by atoms with E-state index in [0.717, 1.165) is 72.5 Å². The van der Waals surface area contributed by atoms with Crippen LogP contribution in [0.3, 0.4) is 0 Å². The Balaban J connectivity index is 0.871. The maximum atomic E-state index is 14.1. The molecule has 3 N–H and O–H groups in total. The van der Waals surface area contributed by atoms with Gasteiger partial charge in [0.05, 0.1) is 0 Å². The second-order valence-electron chi connectivity index (χ2n) is 15.8. The number of hydrogen-bond donors (Lipinski definition) is 3. The second kappa shape index (κ2) is 17.3. The number of nitrogens with zero attached hydrogens (tertiary/aromatic N) is 4. The average Bonchev–Trinajstić information content (AvgIpc) is 3.85. The van der Waals surface area contributed by atoms with Gasteiger partial charge in [-0.1, -0.05) is 66.5 Å². The van der Waals surface area contributed by atoms with E-state index in [-0.39, 0.29) is 29.7 Å². The van der Waals surface area contributed by atoms with Crippen LogP contribution in [0.4, 0.5) is 11.4 Å². The summed E-state index contributed by atoms with van der Waals surface area (Å²) in [6.07, 6.45) is 11.9. The van der Waals surface area contributed by atoms with Crippen LogP contribution in [0, 0.1) is 11.8 Å². The van der Waals surface area contributed by atoms with Gasteiger partial charge < -0.3 is 25.8 Å². The molecule has 3 aromatic rings. The SMILES string of the molecule is CN1CCc2ccccc2C1C(=O)N1CCCC1C(=O)Nc1ccc(C#CC2=CC=C(NC(=O)C3CCCN3C(=O)C3c4ccccc4NCCN3C)CC=C2)cc1.